The van der Waals surface area contributed by atoms with Gasteiger partial charge in [-0.15, -0.1) is 0 Å². The summed E-state index contributed by atoms with van der Waals surface area (Å²) in [5, 5.41) is 3.29. The monoisotopic (exact) mass is 444 g/mol. The van der Waals surface area contributed by atoms with E-state index in [1.54, 1.807) is 11.0 Å². The van der Waals surface area contributed by atoms with E-state index in [-0.39, 0.29) is 29.3 Å². The van der Waals surface area contributed by atoms with Gasteiger partial charge in [-0.3, -0.25) is 9.59 Å². The van der Waals surface area contributed by atoms with Crippen molar-refractivity contribution in [2.45, 2.75) is 58.2 Å². The summed E-state index contributed by atoms with van der Waals surface area (Å²) in [6.45, 7) is 2.45. The lowest BCUT2D eigenvalue weighted by Crippen LogP contribution is -2.38. The van der Waals surface area contributed by atoms with E-state index in [9.17, 15) is 14.0 Å². The van der Waals surface area contributed by atoms with Gasteiger partial charge in [0, 0.05) is 35.3 Å². The van der Waals surface area contributed by atoms with Crippen LogP contribution < -0.4 is 10.1 Å². The maximum Gasteiger partial charge on any atom is 0.264 e. The second-order valence-electron chi connectivity index (χ2n) is 8.24. The minimum Gasteiger partial charge on any atom is -0.480 e. The van der Waals surface area contributed by atoms with Gasteiger partial charge in [0.05, 0.1) is 0 Å². The molecule has 1 fully saturated rings. The summed E-state index contributed by atoms with van der Waals surface area (Å²) in [6.07, 6.45) is 3.96. The first-order valence-electron chi connectivity index (χ1n) is 10.8. The number of carbonyl (C=O) groups is 2. The van der Waals surface area contributed by atoms with Gasteiger partial charge in [0.25, 0.3) is 5.91 Å². The van der Waals surface area contributed by atoms with Crippen LogP contribution in [0.2, 0.25) is 5.02 Å². The number of nitrogens with one attached hydrogen (secondary N) is 1. The molecule has 0 aromatic heterocycles. The molecular formula is C24H26ClFN2O3. The lowest BCUT2D eigenvalue weighted by atomic mass is 10.1. The van der Waals surface area contributed by atoms with E-state index < -0.39 is 11.9 Å². The number of rotatable bonds is 5. The number of hydrogen-bond donors (Lipinski definition) is 1. The second kappa shape index (κ2) is 9.27. The number of ether oxygens (including phenoxy) is 1. The minimum atomic E-state index is -0.612. The van der Waals surface area contributed by atoms with Crippen LogP contribution >= 0.6 is 11.6 Å². The van der Waals surface area contributed by atoms with E-state index in [0.717, 1.165) is 31.2 Å². The predicted molar refractivity (Wildman–Crippen MR) is 117 cm³/mol. The van der Waals surface area contributed by atoms with E-state index in [0.29, 0.717) is 30.0 Å². The van der Waals surface area contributed by atoms with Crippen molar-refractivity contribution in [1.29, 1.82) is 0 Å². The van der Waals surface area contributed by atoms with Crippen molar-refractivity contribution >= 4 is 29.1 Å². The zero-order chi connectivity index (χ0) is 22.0. The van der Waals surface area contributed by atoms with E-state index in [1.807, 2.05) is 25.1 Å². The smallest absolute Gasteiger partial charge is 0.264 e. The molecule has 1 N–H and O–H groups in total. The summed E-state index contributed by atoms with van der Waals surface area (Å²) >= 11 is 6.20. The third kappa shape index (κ3) is 4.85. The Kier molecular flexibility index (Phi) is 6.46. The normalized spacial score (nSPS) is 19.0. The van der Waals surface area contributed by atoms with Crippen molar-refractivity contribution in [3.8, 4) is 5.75 Å². The first-order valence-corrected chi connectivity index (χ1v) is 11.2. The summed E-state index contributed by atoms with van der Waals surface area (Å²) in [5.41, 5.74) is 2.17. The third-order valence-corrected chi connectivity index (χ3v) is 6.37. The highest BCUT2D eigenvalue weighted by molar-refractivity contribution is 6.31. The highest BCUT2D eigenvalue weighted by Gasteiger charge is 2.31. The van der Waals surface area contributed by atoms with Crippen LogP contribution in [0, 0.1) is 11.7 Å². The lowest BCUT2D eigenvalue weighted by molar-refractivity contribution is -0.139. The van der Waals surface area contributed by atoms with Crippen LogP contribution in [-0.4, -0.2) is 22.8 Å². The molecule has 0 saturated heterocycles. The van der Waals surface area contributed by atoms with Crippen LogP contribution in [0.4, 0.5) is 10.1 Å². The minimum absolute atomic E-state index is 0.0458. The van der Waals surface area contributed by atoms with Crippen molar-refractivity contribution in [3.63, 3.8) is 0 Å². The van der Waals surface area contributed by atoms with Crippen LogP contribution in [0.3, 0.4) is 0 Å². The van der Waals surface area contributed by atoms with Gasteiger partial charge in [-0.2, -0.15) is 0 Å². The predicted octanol–water partition coefficient (Wildman–Crippen LogP) is 5.31. The number of hydrogen-bond acceptors (Lipinski definition) is 3. The van der Waals surface area contributed by atoms with Gasteiger partial charge in [-0.05, 0) is 55.2 Å². The fraction of sp³-hybridized carbons (Fsp3) is 0.417. The Bertz CT molecular complexity index is 991. The molecule has 5 nitrogen and oxygen atoms in total. The Balaban J connectivity index is 1.58. The molecular weight excluding hydrogens is 419 g/mol. The quantitative estimate of drug-likeness (QED) is 0.680. The molecule has 1 unspecified atom stereocenters. The first-order chi connectivity index (χ1) is 14.9. The average molecular weight is 445 g/mol. The largest absolute Gasteiger partial charge is 0.480 e. The molecule has 164 valence electrons. The van der Waals surface area contributed by atoms with E-state index in [1.165, 1.54) is 12.1 Å². The topological polar surface area (TPSA) is 58.6 Å². The van der Waals surface area contributed by atoms with Crippen molar-refractivity contribution in [2.24, 2.45) is 5.92 Å². The maximum absolute atomic E-state index is 13.4. The fourth-order valence-electron chi connectivity index (χ4n) is 4.27. The average Bonchev–Trinajstić information content (AvgIpc) is 3.25. The lowest BCUT2D eigenvalue weighted by Gasteiger charge is -2.24. The van der Waals surface area contributed by atoms with E-state index >= 15 is 0 Å². The molecule has 1 saturated carbocycles. The van der Waals surface area contributed by atoms with Gasteiger partial charge >= 0.3 is 0 Å². The number of benzene rings is 2. The van der Waals surface area contributed by atoms with Gasteiger partial charge in [0.1, 0.15) is 11.6 Å². The molecule has 0 bridgehead atoms. The Morgan fingerprint density at radius 3 is 2.71 bits per heavy atom. The number of halogens is 2. The van der Waals surface area contributed by atoms with Crippen molar-refractivity contribution < 1.29 is 18.7 Å². The van der Waals surface area contributed by atoms with Gasteiger partial charge < -0.3 is 15.0 Å². The van der Waals surface area contributed by atoms with Crippen molar-refractivity contribution in [3.05, 3.63) is 58.4 Å². The molecule has 0 spiro atoms. The maximum atomic E-state index is 13.4. The Hall–Kier alpha value is -2.60. The van der Waals surface area contributed by atoms with Crippen molar-refractivity contribution in [2.75, 3.05) is 5.32 Å². The number of fused-ring (bicyclic) bond motifs is 1. The Labute approximate surface area is 186 Å². The molecule has 31 heavy (non-hydrogen) atoms. The number of amides is 2. The molecule has 2 aromatic rings. The number of nitrogens with zero attached hydrogens (tertiary/aromatic N) is 1. The summed E-state index contributed by atoms with van der Waals surface area (Å²) in [7, 11) is 0. The van der Waals surface area contributed by atoms with Gasteiger partial charge in [0.2, 0.25) is 5.91 Å². The Morgan fingerprint density at radius 1 is 1.23 bits per heavy atom. The summed E-state index contributed by atoms with van der Waals surface area (Å²) in [4.78, 5) is 27.3. The molecule has 1 aliphatic heterocycles. The van der Waals surface area contributed by atoms with Crippen LogP contribution in [0.25, 0.3) is 0 Å². The summed E-state index contributed by atoms with van der Waals surface area (Å²) in [5.74, 6) is 0.184. The van der Waals surface area contributed by atoms with Crippen LogP contribution in [0.15, 0.2) is 36.4 Å². The zero-order valence-corrected chi connectivity index (χ0v) is 18.3. The van der Waals surface area contributed by atoms with Crippen LogP contribution in [0.1, 0.15) is 50.2 Å². The number of carbonyl (C=O) groups excluding carboxylic acids is 2. The molecule has 0 radical (unpaired) electrons. The highest BCUT2D eigenvalue weighted by Crippen LogP contribution is 2.32. The van der Waals surface area contributed by atoms with Crippen LogP contribution in [-0.2, 0) is 22.7 Å². The molecule has 7 heteroatoms. The first kappa shape index (κ1) is 21.6. The van der Waals surface area contributed by atoms with Crippen molar-refractivity contribution in [1.82, 2.24) is 4.90 Å². The molecule has 1 aliphatic carbocycles. The Morgan fingerprint density at radius 2 is 2.00 bits per heavy atom. The molecule has 2 aromatic carbocycles. The standard InChI is InChI=1S/C24H26ClFN2O3/c1-2-21-24(30)28(13-16-7-8-18(26)12-20(16)25)14-17-11-19(9-10-22(17)31-21)27-23(29)15-5-3-4-6-15/h7-12,15,21H,2-6,13-14H2,1H3,(H,27,29). The van der Waals surface area contributed by atoms with E-state index in [4.69, 9.17) is 16.3 Å². The summed E-state index contributed by atoms with van der Waals surface area (Å²) < 4.78 is 19.4. The zero-order valence-electron chi connectivity index (χ0n) is 17.5. The SMILES string of the molecule is CCC1Oc2ccc(NC(=O)C3CCCC3)cc2CN(Cc2ccc(F)cc2Cl)C1=O. The molecule has 2 amide bonds. The highest BCUT2D eigenvalue weighted by atomic mass is 35.5. The van der Waals surface area contributed by atoms with Crippen LogP contribution in [0.5, 0.6) is 5.75 Å². The molecule has 1 atom stereocenters. The fourth-order valence-corrected chi connectivity index (χ4v) is 4.49. The van der Waals surface area contributed by atoms with Gasteiger partial charge in [0.15, 0.2) is 6.10 Å². The van der Waals surface area contributed by atoms with Gasteiger partial charge in [-0.25, -0.2) is 4.39 Å². The number of anilines is 1. The summed E-state index contributed by atoms with van der Waals surface area (Å²) in [6, 6.07) is 9.67. The van der Waals surface area contributed by atoms with E-state index in [2.05, 4.69) is 5.32 Å². The molecule has 4 rings (SSSR count). The third-order valence-electron chi connectivity index (χ3n) is 6.02. The second-order valence-corrected chi connectivity index (χ2v) is 8.65. The molecule has 2 aliphatic rings. The molecule has 1 heterocycles. The van der Waals surface area contributed by atoms with Gasteiger partial charge in [-0.1, -0.05) is 37.4 Å².